The molecule has 4 N–H and O–H groups in total. The minimum Gasteiger partial charge on any atom is -0.456 e. The molecule has 0 amide bonds. The Labute approximate surface area is 218 Å². The average molecular weight is 528 g/mol. The molecule has 0 unspecified atom stereocenters. The van der Waals surface area contributed by atoms with Gasteiger partial charge in [0.25, 0.3) is 0 Å². The summed E-state index contributed by atoms with van der Waals surface area (Å²) in [6.07, 6.45) is 1.11. The van der Waals surface area contributed by atoms with E-state index in [4.69, 9.17) is 4.42 Å². The summed E-state index contributed by atoms with van der Waals surface area (Å²) in [5.41, 5.74) is 3.51. The Kier molecular flexibility index (Phi) is 6.51. The summed E-state index contributed by atoms with van der Waals surface area (Å²) >= 11 is 0. The van der Waals surface area contributed by atoms with Crippen LogP contribution in [0.2, 0.25) is 0 Å². The van der Waals surface area contributed by atoms with Crippen molar-refractivity contribution in [2.75, 3.05) is 0 Å². The molecule has 0 saturated heterocycles. The van der Waals surface area contributed by atoms with E-state index in [-0.39, 0.29) is 6.42 Å². The second kappa shape index (κ2) is 10.1. The molecule has 38 heavy (non-hydrogen) atoms. The first-order chi connectivity index (χ1) is 18.5. The summed E-state index contributed by atoms with van der Waals surface area (Å²) in [5, 5.41) is 21.7. The number of para-hydroxylation sites is 1. The number of tetrazole rings is 1. The largest absolute Gasteiger partial charge is 0.456 e. The Balaban J connectivity index is 1.27. The molecule has 0 fully saturated rings. The number of fused-ring (bicyclic) bond motifs is 4. The molecule has 0 spiro atoms. The first kappa shape index (κ1) is 24.5. The van der Waals surface area contributed by atoms with Crippen LogP contribution in [0.1, 0.15) is 29.4 Å². The Morgan fingerprint density at radius 1 is 0.895 bits per heavy atom. The van der Waals surface area contributed by atoms with Gasteiger partial charge in [0.05, 0.1) is 6.04 Å². The minimum atomic E-state index is -4.51. The molecular weight excluding hydrogens is 501 g/mol. The summed E-state index contributed by atoms with van der Waals surface area (Å²) in [6, 6.07) is 27.2. The monoisotopic (exact) mass is 527 g/mol. The maximum Gasteiger partial charge on any atom is 0.342 e. The number of aryl methyl sites for hydroxylation is 1. The van der Waals surface area contributed by atoms with Crippen molar-refractivity contribution < 1.29 is 18.8 Å². The number of nitrogens with zero attached hydrogens (tertiary/aromatic N) is 3. The van der Waals surface area contributed by atoms with Crippen LogP contribution >= 0.6 is 7.60 Å². The van der Waals surface area contributed by atoms with Crippen LogP contribution < -0.4 is 5.32 Å². The van der Waals surface area contributed by atoms with Crippen molar-refractivity contribution >= 4 is 40.3 Å². The van der Waals surface area contributed by atoms with Gasteiger partial charge in [-0.3, -0.25) is 9.88 Å². The van der Waals surface area contributed by atoms with Gasteiger partial charge in [-0.15, -0.1) is 10.2 Å². The summed E-state index contributed by atoms with van der Waals surface area (Å²) in [5.74, 6) is -0.766. The number of rotatable bonds is 9. The molecule has 192 valence electrons. The van der Waals surface area contributed by atoms with E-state index in [1.54, 1.807) is 0 Å². The van der Waals surface area contributed by atoms with E-state index in [1.807, 2.05) is 84.9 Å². The molecule has 0 bridgehead atoms. The van der Waals surface area contributed by atoms with Gasteiger partial charge in [-0.2, -0.15) is 5.21 Å². The van der Waals surface area contributed by atoms with Crippen LogP contribution in [0, 0.1) is 0 Å². The minimum absolute atomic E-state index is 0.231. The summed E-state index contributed by atoms with van der Waals surface area (Å²) in [6.45, 7) is 0. The molecule has 0 saturated carbocycles. The normalized spacial score (nSPS) is 13.8. The number of aromatic amines is 1. The molecular formula is C28H26N5O4P. The van der Waals surface area contributed by atoms with E-state index in [2.05, 4.69) is 25.9 Å². The third-order valence-corrected chi connectivity index (χ3v) is 8.14. The van der Waals surface area contributed by atoms with Crippen LogP contribution in [0.4, 0.5) is 0 Å². The molecule has 0 aliphatic heterocycles. The second-order valence-electron chi connectivity index (χ2n) is 9.40. The van der Waals surface area contributed by atoms with Gasteiger partial charge in [-0.25, -0.2) is 0 Å². The molecule has 2 atom stereocenters. The molecule has 0 aliphatic rings. The van der Waals surface area contributed by atoms with Crippen LogP contribution in [0.15, 0.2) is 89.3 Å². The number of nitrogens with one attached hydrogen (secondary N) is 2. The first-order valence-corrected chi connectivity index (χ1v) is 14.1. The van der Waals surface area contributed by atoms with Gasteiger partial charge < -0.3 is 14.2 Å². The van der Waals surface area contributed by atoms with Gasteiger partial charge in [-0.1, -0.05) is 78.0 Å². The zero-order valence-corrected chi connectivity index (χ0v) is 21.3. The number of furan rings is 1. The molecule has 6 rings (SSSR count). The zero-order valence-electron chi connectivity index (χ0n) is 20.4. The lowest BCUT2D eigenvalue weighted by Gasteiger charge is -2.25. The van der Waals surface area contributed by atoms with Crippen LogP contribution in [-0.4, -0.2) is 36.2 Å². The number of aromatic nitrogens is 4. The maximum absolute atomic E-state index is 12.6. The third kappa shape index (κ3) is 4.97. The predicted octanol–water partition coefficient (Wildman–Crippen LogP) is 5.26. The molecule has 6 aromatic rings. The fourth-order valence-electron chi connectivity index (χ4n) is 5.06. The first-order valence-electron chi connectivity index (χ1n) is 12.4. The highest BCUT2D eigenvalue weighted by molar-refractivity contribution is 7.52. The summed E-state index contributed by atoms with van der Waals surface area (Å²) in [7, 11) is -4.51. The predicted molar refractivity (Wildman–Crippen MR) is 146 cm³/mol. The maximum atomic E-state index is 12.6. The van der Waals surface area contributed by atoms with Gasteiger partial charge in [0, 0.05) is 10.8 Å². The smallest absolute Gasteiger partial charge is 0.342 e. The SMILES string of the molecule is O=P(O)(O)[C@H](CCc1cccc2ccccc12)N[C@@H](Cc1ccc2c(c1)oc1ccccc12)c1nn[nH]n1. The van der Waals surface area contributed by atoms with E-state index < -0.39 is 19.4 Å². The van der Waals surface area contributed by atoms with Crippen molar-refractivity contribution in [3.8, 4) is 0 Å². The van der Waals surface area contributed by atoms with E-state index in [0.717, 1.165) is 43.8 Å². The lowest BCUT2D eigenvalue weighted by atomic mass is 10.0. The van der Waals surface area contributed by atoms with Gasteiger partial charge >= 0.3 is 7.60 Å². The van der Waals surface area contributed by atoms with Crippen LogP contribution in [0.25, 0.3) is 32.7 Å². The highest BCUT2D eigenvalue weighted by atomic mass is 31.2. The van der Waals surface area contributed by atoms with Crippen LogP contribution in [0.5, 0.6) is 0 Å². The number of benzene rings is 4. The van der Waals surface area contributed by atoms with E-state index in [9.17, 15) is 14.4 Å². The fourth-order valence-corrected chi connectivity index (χ4v) is 5.90. The van der Waals surface area contributed by atoms with Gasteiger partial charge in [0.2, 0.25) is 0 Å². The highest BCUT2D eigenvalue weighted by Crippen LogP contribution is 2.43. The lowest BCUT2D eigenvalue weighted by molar-refractivity contribution is 0.328. The quantitative estimate of drug-likeness (QED) is 0.187. The topological polar surface area (TPSA) is 137 Å². The summed E-state index contributed by atoms with van der Waals surface area (Å²) < 4.78 is 18.6. The molecule has 0 aliphatic carbocycles. The van der Waals surface area contributed by atoms with Crippen LogP contribution in [0.3, 0.4) is 0 Å². The third-order valence-electron chi connectivity index (χ3n) is 6.92. The molecule has 2 aromatic heterocycles. The number of H-pyrrole nitrogens is 1. The van der Waals surface area contributed by atoms with Crippen molar-refractivity contribution in [2.45, 2.75) is 31.1 Å². The van der Waals surface area contributed by atoms with E-state index in [1.165, 1.54) is 0 Å². The van der Waals surface area contributed by atoms with E-state index >= 15 is 0 Å². The Bertz CT molecular complexity index is 1760. The Morgan fingerprint density at radius 3 is 2.47 bits per heavy atom. The Hall–Kier alpha value is -3.88. The molecule has 0 radical (unpaired) electrons. The fraction of sp³-hybridized carbons (Fsp3) is 0.179. The molecule has 9 nitrogen and oxygen atoms in total. The van der Waals surface area contributed by atoms with Gasteiger partial charge in [0.1, 0.15) is 16.9 Å². The second-order valence-corrected chi connectivity index (χ2v) is 11.2. The van der Waals surface area contributed by atoms with E-state index in [0.29, 0.717) is 18.7 Å². The lowest BCUT2D eigenvalue weighted by Crippen LogP contribution is -2.35. The molecule has 4 aromatic carbocycles. The Morgan fingerprint density at radius 2 is 1.66 bits per heavy atom. The van der Waals surface area contributed by atoms with Gasteiger partial charge in [0.15, 0.2) is 5.82 Å². The number of hydrogen-bond donors (Lipinski definition) is 4. The average Bonchev–Trinajstić information content (AvgIpc) is 3.58. The van der Waals surface area contributed by atoms with Crippen LogP contribution in [-0.2, 0) is 17.4 Å². The van der Waals surface area contributed by atoms with Crippen molar-refractivity contribution in [2.24, 2.45) is 0 Å². The molecule has 10 heteroatoms. The van der Waals surface area contributed by atoms with Crippen molar-refractivity contribution in [1.82, 2.24) is 25.9 Å². The molecule has 2 heterocycles. The van der Waals surface area contributed by atoms with Gasteiger partial charge in [-0.05, 0) is 53.3 Å². The highest BCUT2D eigenvalue weighted by Gasteiger charge is 2.32. The number of hydrogen-bond acceptors (Lipinski definition) is 6. The van der Waals surface area contributed by atoms with Crippen molar-refractivity contribution in [1.29, 1.82) is 0 Å². The standard InChI is InChI=1S/C28H26N5O4P/c34-38(35,36)27(15-13-20-8-5-7-19-6-1-2-9-21(19)20)29-24(28-30-32-33-31-28)16-18-12-14-23-22-10-3-4-11-25(22)37-26(23)17-18/h1-12,14,17,24,27,29H,13,15-16H2,(H2,34,35,36)(H,30,31,32,33)/t24-,27+/m0/s1. The zero-order chi connectivity index (χ0) is 26.1. The van der Waals surface area contributed by atoms with Crippen molar-refractivity contribution in [3.05, 3.63) is 102 Å². The van der Waals surface area contributed by atoms with Crippen molar-refractivity contribution in [3.63, 3.8) is 0 Å². The summed E-state index contributed by atoms with van der Waals surface area (Å²) in [4.78, 5) is 20.5.